The normalized spacial score (nSPS) is 23.9. The molecule has 318 valence electrons. The standard InChI is InChI=1S/2C15H26.C13H22.C12H24/c1-11(2)4-6-13-7-9-15-12(3)5-8-14(15)10-13;1-14(2)12-10-8-6-5-7-9-11-13-15(3)4;1-5-11-7-8-13(10(3)4)9-12(11)6-2;1-5-8-12(4)10-7-6-9-11(2)3/h11,13-15H,3-10H2,1-2H3;6,8-9,11,13-14H,5,7,10,12H2,1-4H3;5-6,10-13H,1-2,7-9H2,3-4H3;8,11H,5-7,9-10H2,1-4H3/b;8-6+,11-9+;;12-8+. The van der Waals surface area contributed by atoms with Gasteiger partial charge in [-0.15, -0.1) is 13.2 Å². The van der Waals surface area contributed by atoms with Crippen LogP contribution in [0.5, 0.6) is 0 Å². The third kappa shape index (κ3) is 28.3. The van der Waals surface area contributed by atoms with Crippen LogP contribution in [0.15, 0.2) is 85.1 Å². The minimum Gasteiger partial charge on any atom is -0.103 e. The first-order valence-electron chi connectivity index (χ1n) is 23.7. The fourth-order valence-electron chi connectivity index (χ4n) is 8.66. The molecule has 0 heteroatoms. The summed E-state index contributed by atoms with van der Waals surface area (Å²) in [5, 5.41) is 0. The van der Waals surface area contributed by atoms with Crippen LogP contribution >= 0.6 is 0 Å². The molecule has 6 atom stereocenters. The zero-order chi connectivity index (χ0) is 41.6. The summed E-state index contributed by atoms with van der Waals surface area (Å²) in [6.45, 7) is 39.3. The maximum atomic E-state index is 4.24. The second-order valence-electron chi connectivity index (χ2n) is 19.6. The Balaban J connectivity index is 0.000000710. The molecule has 3 aliphatic rings. The Morgan fingerprint density at radius 1 is 0.691 bits per heavy atom. The summed E-state index contributed by atoms with van der Waals surface area (Å²) in [5.41, 5.74) is 4.50. The molecule has 0 aromatic heterocycles. The first kappa shape index (κ1) is 53.2. The van der Waals surface area contributed by atoms with Crippen LogP contribution in [-0.2, 0) is 0 Å². The lowest BCUT2D eigenvalue weighted by Gasteiger charge is -2.34. The first-order chi connectivity index (χ1) is 26.1. The van der Waals surface area contributed by atoms with Gasteiger partial charge in [0.2, 0.25) is 0 Å². The van der Waals surface area contributed by atoms with Gasteiger partial charge in [0.1, 0.15) is 0 Å². The molecule has 0 bridgehead atoms. The van der Waals surface area contributed by atoms with Gasteiger partial charge < -0.3 is 0 Å². The van der Waals surface area contributed by atoms with E-state index >= 15 is 0 Å². The van der Waals surface area contributed by atoms with Gasteiger partial charge in [-0.05, 0) is 176 Å². The second kappa shape index (κ2) is 33.2. The van der Waals surface area contributed by atoms with Gasteiger partial charge in [-0.2, -0.15) is 0 Å². The smallest absolute Gasteiger partial charge is 0.0171 e. The monoisotopic (exact) mass is 759 g/mol. The lowest BCUT2D eigenvalue weighted by Crippen LogP contribution is -2.24. The van der Waals surface area contributed by atoms with Crippen molar-refractivity contribution >= 4 is 0 Å². The van der Waals surface area contributed by atoms with Gasteiger partial charge in [-0.1, -0.05) is 160 Å². The highest BCUT2D eigenvalue weighted by molar-refractivity contribution is 5.11. The molecule has 0 aliphatic heterocycles. The van der Waals surface area contributed by atoms with E-state index in [1.54, 1.807) is 11.1 Å². The van der Waals surface area contributed by atoms with Crippen LogP contribution in [0, 0.1) is 59.2 Å². The van der Waals surface area contributed by atoms with Crippen molar-refractivity contribution < 1.29 is 0 Å². The molecule has 0 heterocycles. The molecule has 55 heavy (non-hydrogen) atoms. The van der Waals surface area contributed by atoms with Crippen molar-refractivity contribution in [3.63, 3.8) is 0 Å². The highest BCUT2D eigenvalue weighted by atomic mass is 14.4. The maximum Gasteiger partial charge on any atom is -0.0171 e. The molecule has 0 N–H and O–H groups in total. The van der Waals surface area contributed by atoms with Crippen LogP contribution < -0.4 is 0 Å². The Kier molecular flexibility index (Phi) is 32.1. The van der Waals surface area contributed by atoms with Crippen LogP contribution in [0.4, 0.5) is 0 Å². The number of fused-ring (bicyclic) bond motifs is 1. The average Bonchev–Trinajstić information content (AvgIpc) is 3.51. The van der Waals surface area contributed by atoms with E-state index in [1.807, 2.05) is 0 Å². The Morgan fingerprint density at radius 2 is 1.33 bits per heavy atom. The molecule has 0 spiro atoms. The fraction of sp³-hybridized carbons (Fsp3) is 0.745. The third-order valence-corrected chi connectivity index (χ3v) is 12.4. The van der Waals surface area contributed by atoms with E-state index in [1.165, 1.54) is 121 Å². The Hall–Kier alpha value is -1.82. The van der Waals surface area contributed by atoms with Crippen molar-refractivity contribution in [2.75, 3.05) is 0 Å². The van der Waals surface area contributed by atoms with E-state index < -0.39 is 0 Å². The van der Waals surface area contributed by atoms with Crippen molar-refractivity contribution in [2.45, 2.75) is 205 Å². The largest absolute Gasteiger partial charge is 0.103 e. The molecular formula is C55H98. The van der Waals surface area contributed by atoms with E-state index in [4.69, 9.17) is 0 Å². The summed E-state index contributed by atoms with van der Waals surface area (Å²) in [4.78, 5) is 0. The van der Waals surface area contributed by atoms with Crippen molar-refractivity contribution in [3.8, 4) is 0 Å². The van der Waals surface area contributed by atoms with Crippen LogP contribution in [0.1, 0.15) is 205 Å². The quantitative estimate of drug-likeness (QED) is 0.0699. The van der Waals surface area contributed by atoms with Gasteiger partial charge in [0, 0.05) is 0 Å². The average molecular weight is 759 g/mol. The van der Waals surface area contributed by atoms with Crippen LogP contribution in [0.25, 0.3) is 0 Å². The molecule has 0 aromatic rings. The molecule has 0 radical (unpaired) electrons. The number of hydrogen-bond acceptors (Lipinski definition) is 0. The van der Waals surface area contributed by atoms with Crippen molar-refractivity contribution in [3.05, 3.63) is 85.1 Å². The van der Waals surface area contributed by atoms with Gasteiger partial charge in [0.05, 0.1) is 0 Å². The van der Waals surface area contributed by atoms with Gasteiger partial charge >= 0.3 is 0 Å². The molecule has 3 fully saturated rings. The zero-order valence-electron chi connectivity index (χ0n) is 39.4. The lowest BCUT2D eigenvalue weighted by molar-refractivity contribution is 0.204. The fourth-order valence-corrected chi connectivity index (χ4v) is 8.66. The predicted octanol–water partition coefficient (Wildman–Crippen LogP) is 18.7. The highest BCUT2D eigenvalue weighted by Crippen LogP contribution is 2.47. The van der Waals surface area contributed by atoms with Gasteiger partial charge in [-0.25, -0.2) is 0 Å². The first-order valence-corrected chi connectivity index (χ1v) is 23.7. The summed E-state index contributed by atoms with van der Waals surface area (Å²) in [6.07, 6.45) is 43.4. The van der Waals surface area contributed by atoms with E-state index in [-0.39, 0.29) is 0 Å². The van der Waals surface area contributed by atoms with Crippen molar-refractivity contribution in [1.29, 1.82) is 0 Å². The number of allylic oxidation sites excluding steroid dienone is 11. The Labute approximate surface area is 348 Å². The summed E-state index contributed by atoms with van der Waals surface area (Å²) in [6, 6.07) is 0. The third-order valence-electron chi connectivity index (χ3n) is 12.4. The number of rotatable bonds is 19. The topological polar surface area (TPSA) is 0 Å². The van der Waals surface area contributed by atoms with Crippen LogP contribution in [0.2, 0.25) is 0 Å². The van der Waals surface area contributed by atoms with E-state index in [2.05, 4.69) is 151 Å². The Bertz CT molecular complexity index is 1080. The van der Waals surface area contributed by atoms with Crippen molar-refractivity contribution in [1.82, 2.24) is 0 Å². The summed E-state index contributed by atoms with van der Waals surface area (Å²) in [5.74, 6) is 8.66. The van der Waals surface area contributed by atoms with Gasteiger partial charge in [0.25, 0.3) is 0 Å². The molecule has 0 nitrogen and oxygen atoms in total. The number of hydrogen-bond donors (Lipinski definition) is 0. The van der Waals surface area contributed by atoms with Crippen LogP contribution in [-0.4, -0.2) is 0 Å². The molecule has 3 rings (SSSR count). The molecule has 6 unspecified atom stereocenters. The van der Waals surface area contributed by atoms with Crippen molar-refractivity contribution in [2.24, 2.45) is 59.2 Å². The summed E-state index contributed by atoms with van der Waals surface area (Å²) < 4.78 is 0. The zero-order valence-corrected chi connectivity index (χ0v) is 39.4. The SMILES string of the molecule is C=C1CCC2CC(CCC(C)C)CCC12.C=CC1CCC(C(C)C)CC1C=C.CC(C)=C/C=C/CC/C=C/CCC(C)C.CC/C=C(\C)CCCCC(C)C. The van der Waals surface area contributed by atoms with Crippen LogP contribution in [0.3, 0.4) is 0 Å². The predicted molar refractivity (Wildman–Crippen MR) is 255 cm³/mol. The maximum absolute atomic E-state index is 4.24. The minimum atomic E-state index is 0.679. The van der Waals surface area contributed by atoms with E-state index in [0.717, 1.165) is 53.8 Å². The summed E-state index contributed by atoms with van der Waals surface area (Å²) in [7, 11) is 0. The Morgan fingerprint density at radius 3 is 1.91 bits per heavy atom. The van der Waals surface area contributed by atoms with Gasteiger partial charge in [-0.3, -0.25) is 0 Å². The molecule has 0 aromatic carbocycles. The molecule has 3 aliphatic carbocycles. The molecule has 0 saturated heterocycles. The second-order valence-corrected chi connectivity index (χ2v) is 19.6. The van der Waals surface area contributed by atoms with E-state index in [9.17, 15) is 0 Å². The lowest BCUT2D eigenvalue weighted by atomic mass is 9.71. The highest BCUT2D eigenvalue weighted by Gasteiger charge is 2.35. The van der Waals surface area contributed by atoms with Gasteiger partial charge in [0.15, 0.2) is 0 Å². The molecule has 0 amide bonds. The summed E-state index contributed by atoms with van der Waals surface area (Å²) >= 11 is 0. The van der Waals surface area contributed by atoms with E-state index in [0.29, 0.717) is 11.8 Å². The molecular weight excluding hydrogens is 661 g/mol. The minimum absolute atomic E-state index is 0.679. The molecule has 3 saturated carbocycles. The number of unbranched alkanes of at least 4 members (excludes halogenated alkanes) is 2.